The summed E-state index contributed by atoms with van der Waals surface area (Å²) in [6.45, 7) is 1.87. The number of hydrogen-bond acceptors (Lipinski definition) is 3. The number of nitrogens with zero attached hydrogens (tertiary/aromatic N) is 4. The van der Waals surface area contributed by atoms with Gasteiger partial charge in [-0.1, -0.05) is 35.9 Å². The lowest BCUT2D eigenvalue weighted by Gasteiger charge is -2.13. The van der Waals surface area contributed by atoms with Crippen LogP contribution in [-0.2, 0) is 7.05 Å². The van der Waals surface area contributed by atoms with Gasteiger partial charge in [0.05, 0.1) is 11.1 Å². The zero-order valence-corrected chi connectivity index (χ0v) is 14.5. The molecule has 6 nitrogen and oxygen atoms in total. The Morgan fingerprint density at radius 3 is 2.72 bits per heavy atom. The first-order chi connectivity index (χ1) is 12.1. The van der Waals surface area contributed by atoms with Crippen molar-refractivity contribution in [2.75, 3.05) is 0 Å². The molecule has 0 spiro atoms. The van der Waals surface area contributed by atoms with Crippen LogP contribution in [0.1, 0.15) is 29.3 Å². The average molecular weight is 354 g/mol. The van der Waals surface area contributed by atoms with Gasteiger partial charge in [-0.05, 0) is 25.1 Å². The van der Waals surface area contributed by atoms with Crippen molar-refractivity contribution in [2.45, 2.75) is 13.0 Å². The third-order valence-electron chi connectivity index (χ3n) is 4.34. The Labute approximate surface area is 149 Å². The van der Waals surface area contributed by atoms with Crippen molar-refractivity contribution in [1.29, 1.82) is 0 Å². The van der Waals surface area contributed by atoms with E-state index in [1.807, 2.05) is 71.6 Å². The number of carbonyl (C=O) groups is 1. The lowest BCUT2D eigenvalue weighted by molar-refractivity contribution is 0.0930. The molecule has 0 bridgehead atoms. The van der Waals surface area contributed by atoms with Crippen LogP contribution in [0.5, 0.6) is 0 Å². The highest BCUT2D eigenvalue weighted by Crippen LogP contribution is 2.30. The second-order valence-corrected chi connectivity index (χ2v) is 6.30. The van der Waals surface area contributed by atoms with Crippen LogP contribution in [0.3, 0.4) is 0 Å². The summed E-state index contributed by atoms with van der Waals surface area (Å²) in [6, 6.07) is 13.0. The van der Waals surface area contributed by atoms with Gasteiger partial charge in [0.25, 0.3) is 5.91 Å². The smallest absolute Gasteiger partial charge is 0.270 e. The van der Waals surface area contributed by atoms with Gasteiger partial charge in [-0.15, -0.1) is 10.2 Å². The minimum atomic E-state index is -0.320. The fraction of sp³-hybridized carbons (Fsp3) is 0.167. The fourth-order valence-corrected chi connectivity index (χ4v) is 3.46. The van der Waals surface area contributed by atoms with Crippen LogP contribution in [0.2, 0.25) is 5.02 Å². The predicted molar refractivity (Wildman–Crippen MR) is 96.8 cm³/mol. The van der Waals surface area contributed by atoms with Gasteiger partial charge in [0.15, 0.2) is 11.5 Å². The largest absolute Gasteiger partial charge is 0.341 e. The van der Waals surface area contributed by atoms with E-state index >= 15 is 0 Å². The number of aryl methyl sites for hydroxylation is 1. The molecule has 0 saturated heterocycles. The third kappa shape index (κ3) is 2.46. The Balaban J connectivity index is 1.68. The van der Waals surface area contributed by atoms with E-state index < -0.39 is 0 Å². The molecule has 7 heteroatoms. The maximum Gasteiger partial charge on any atom is 0.270 e. The number of fused-ring (bicyclic) bond motifs is 2. The first kappa shape index (κ1) is 15.7. The topological polar surface area (TPSA) is 64.2 Å². The van der Waals surface area contributed by atoms with Crippen molar-refractivity contribution in [3.63, 3.8) is 0 Å². The molecule has 4 rings (SSSR count). The number of para-hydroxylation sites is 1. The number of aromatic nitrogens is 4. The second kappa shape index (κ2) is 5.89. The minimum absolute atomic E-state index is 0.246. The van der Waals surface area contributed by atoms with Gasteiger partial charge < -0.3 is 9.88 Å². The van der Waals surface area contributed by atoms with Crippen LogP contribution in [0, 0.1) is 0 Å². The molecule has 1 aromatic carbocycles. The van der Waals surface area contributed by atoms with Crippen LogP contribution < -0.4 is 5.32 Å². The Hall–Kier alpha value is -2.86. The summed E-state index contributed by atoms with van der Waals surface area (Å²) < 4.78 is 3.66. The van der Waals surface area contributed by atoms with Gasteiger partial charge in [0.1, 0.15) is 5.69 Å². The van der Waals surface area contributed by atoms with Crippen molar-refractivity contribution in [3.8, 4) is 0 Å². The molecule has 0 saturated carbocycles. The van der Waals surface area contributed by atoms with E-state index in [0.29, 0.717) is 16.5 Å². The summed E-state index contributed by atoms with van der Waals surface area (Å²) in [5, 5.41) is 12.6. The van der Waals surface area contributed by atoms with E-state index in [9.17, 15) is 4.79 Å². The zero-order valence-electron chi connectivity index (χ0n) is 13.8. The van der Waals surface area contributed by atoms with Crippen LogP contribution in [0.15, 0.2) is 48.7 Å². The van der Waals surface area contributed by atoms with Gasteiger partial charge in [-0.3, -0.25) is 9.20 Å². The molecule has 1 atom stereocenters. The van der Waals surface area contributed by atoms with Crippen LogP contribution in [0.4, 0.5) is 0 Å². The molecule has 3 heterocycles. The van der Waals surface area contributed by atoms with E-state index in [1.54, 1.807) is 0 Å². The number of rotatable bonds is 3. The highest BCUT2D eigenvalue weighted by Gasteiger charge is 2.23. The molecule has 25 heavy (non-hydrogen) atoms. The summed E-state index contributed by atoms with van der Waals surface area (Å²) >= 11 is 6.45. The van der Waals surface area contributed by atoms with Crippen LogP contribution in [0.25, 0.3) is 16.6 Å². The van der Waals surface area contributed by atoms with E-state index in [1.165, 1.54) is 0 Å². The van der Waals surface area contributed by atoms with Gasteiger partial charge in [0.2, 0.25) is 0 Å². The summed E-state index contributed by atoms with van der Waals surface area (Å²) in [5.74, 6) is 0.419. The van der Waals surface area contributed by atoms with Gasteiger partial charge >= 0.3 is 0 Å². The molecule has 126 valence electrons. The van der Waals surface area contributed by atoms with E-state index in [0.717, 1.165) is 16.6 Å². The molecule has 0 aliphatic heterocycles. The maximum absolute atomic E-state index is 12.8. The van der Waals surface area contributed by atoms with Crippen molar-refractivity contribution >= 4 is 34.1 Å². The zero-order chi connectivity index (χ0) is 17.6. The van der Waals surface area contributed by atoms with E-state index in [4.69, 9.17) is 11.6 Å². The van der Waals surface area contributed by atoms with Crippen molar-refractivity contribution < 1.29 is 4.79 Å². The normalized spacial score (nSPS) is 12.6. The summed E-state index contributed by atoms with van der Waals surface area (Å²) in [4.78, 5) is 12.8. The standard InChI is InChI=1S/C18H16ClN5O/c1-11(17-22-21-14-9-5-6-10-24(14)17)20-18(25)16-15(19)12-7-3-4-8-13(12)23(16)2/h3-11H,1-2H3,(H,20,25). The fourth-order valence-electron chi connectivity index (χ4n) is 3.08. The highest BCUT2D eigenvalue weighted by molar-refractivity contribution is 6.38. The lowest BCUT2D eigenvalue weighted by atomic mass is 10.2. The summed E-state index contributed by atoms with van der Waals surface area (Å²) in [5.41, 5.74) is 2.09. The number of halogens is 1. The molecule has 1 N–H and O–H groups in total. The molecular formula is C18H16ClN5O. The first-order valence-corrected chi connectivity index (χ1v) is 8.29. The number of carbonyl (C=O) groups excluding carboxylic acids is 1. The molecule has 1 amide bonds. The molecular weight excluding hydrogens is 338 g/mol. The van der Waals surface area contributed by atoms with Gasteiger partial charge in [0, 0.05) is 24.1 Å². The molecule has 0 radical (unpaired) electrons. The number of benzene rings is 1. The van der Waals surface area contributed by atoms with Crippen LogP contribution in [-0.4, -0.2) is 25.1 Å². The summed E-state index contributed by atoms with van der Waals surface area (Å²) in [6.07, 6.45) is 1.87. The maximum atomic E-state index is 12.8. The van der Waals surface area contributed by atoms with Crippen molar-refractivity contribution in [1.82, 2.24) is 24.5 Å². The van der Waals surface area contributed by atoms with Gasteiger partial charge in [-0.25, -0.2) is 0 Å². The third-order valence-corrected chi connectivity index (χ3v) is 4.72. The molecule has 4 aromatic rings. The molecule has 3 aromatic heterocycles. The van der Waals surface area contributed by atoms with Crippen molar-refractivity contribution in [3.05, 3.63) is 65.2 Å². The van der Waals surface area contributed by atoms with E-state index in [2.05, 4.69) is 15.5 Å². The Bertz CT molecular complexity index is 1060. The first-order valence-electron chi connectivity index (χ1n) is 7.91. The number of pyridine rings is 1. The Morgan fingerprint density at radius 2 is 1.92 bits per heavy atom. The second-order valence-electron chi connectivity index (χ2n) is 5.92. The van der Waals surface area contributed by atoms with E-state index in [-0.39, 0.29) is 11.9 Å². The number of amides is 1. The monoisotopic (exact) mass is 353 g/mol. The highest BCUT2D eigenvalue weighted by atomic mass is 35.5. The van der Waals surface area contributed by atoms with Crippen molar-refractivity contribution in [2.24, 2.45) is 7.05 Å². The van der Waals surface area contributed by atoms with Gasteiger partial charge in [-0.2, -0.15) is 0 Å². The molecule has 0 aliphatic carbocycles. The number of hydrogen-bond donors (Lipinski definition) is 1. The van der Waals surface area contributed by atoms with Crippen LogP contribution >= 0.6 is 11.6 Å². The average Bonchev–Trinajstić information content (AvgIpc) is 3.15. The minimum Gasteiger partial charge on any atom is -0.341 e. The molecule has 1 unspecified atom stereocenters. The predicted octanol–water partition coefficient (Wildman–Crippen LogP) is 3.37. The lowest BCUT2D eigenvalue weighted by Crippen LogP contribution is -2.29. The molecule has 0 aliphatic rings. The summed E-state index contributed by atoms with van der Waals surface area (Å²) in [7, 11) is 1.83. The molecule has 0 fully saturated rings. The number of nitrogens with one attached hydrogen (secondary N) is 1. The quantitative estimate of drug-likeness (QED) is 0.614. The Morgan fingerprint density at radius 1 is 1.16 bits per heavy atom. The Kier molecular flexibility index (Phi) is 3.69. The SMILES string of the molecule is CC(NC(=O)c1c(Cl)c2ccccc2n1C)c1nnc2ccccn12.